The molecule has 0 aromatic heterocycles. The first kappa shape index (κ1) is 13.4. The number of allylic oxidation sites excluding steroid dienone is 4. The van der Waals surface area contributed by atoms with E-state index < -0.39 is 0 Å². The summed E-state index contributed by atoms with van der Waals surface area (Å²) in [6, 6.07) is 8.61. The van der Waals surface area contributed by atoms with Gasteiger partial charge in [0.05, 0.1) is 5.54 Å². The minimum absolute atomic E-state index is 0.277. The van der Waals surface area contributed by atoms with Crippen LogP contribution < -0.4 is 5.32 Å². The third-order valence-corrected chi connectivity index (χ3v) is 3.79. The van der Waals surface area contributed by atoms with Crippen LogP contribution >= 0.6 is 0 Å². The second-order valence-corrected chi connectivity index (χ2v) is 5.13. The van der Waals surface area contributed by atoms with Gasteiger partial charge in [0.1, 0.15) is 0 Å². The molecule has 1 aliphatic rings. The second-order valence-electron chi connectivity index (χ2n) is 5.13. The average molecular weight is 251 g/mol. The number of hydrogen-bond acceptors (Lipinski definition) is 1. The Hall–Kier alpha value is -2.02. The summed E-state index contributed by atoms with van der Waals surface area (Å²) in [5.74, 6) is 0. The molecule has 1 heteroatoms. The normalized spacial score (nSPS) is 16.6. The van der Waals surface area contributed by atoms with E-state index in [1.165, 1.54) is 16.7 Å². The molecule has 1 aromatic rings. The Labute approximate surface area is 116 Å². The van der Waals surface area contributed by atoms with Gasteiger partial charge < -0.3 is 5.32 Å². The maximum Gasteiger partial charge on any atom is 0.0800 e. The molecule has 0 bridgehead atoms. The summed E-state index contributed by atoms with van der Waals surface area (Å²) in [5.41, 5.74) is 4.55. The van der Waals surface area contributed by atoms with Crippen LogP contribution in [-0.4, -0.2) is 0 Å². The largest absolute Gasteiger partial charge is 0.379 e. The molecule has 1 aliphatic carbocycles. The van der Waals surface area contributed by atoms with Crippen molar-refractivity contribution in [1.82, 2.24) is 5.32 Å². The van der Waals surface area contributed by atoms with Gasteiger partial charge in [-0.05, 0) is 49.2 Å². The van der Waals surface area contributed by atoms with E-state index in [4.69, 9.17) is 0 Å². The molecule has 0 saturated heterocycles. The van der Waals surface area contributed by atoms with E-state index in [1.807, 2.05) is 6.92 Å². The van der Waals surface area contributed by atoms with Gasteiger partial charge in [0.25, 0.3) is 0 Å². The summed E-state index contributed by atoms with van der Waals surface area (Å²) in [6.45, 7) is 12.1. The second kappa shape index (κ2) is 5.31. The van der Waals surface area contributed by atoms with Crippen LogP contribution in [0.5, 0.6) is 0 Å². The summed E-state index contributed by atoms with van der Waals surface area (Å²) in [4.78, 5) is 0. The van der Waals surface area contributed by atoms with Crippen molar-refractivity contribution in [2.45, 2.75) is 25.8 Å². The zero-order valence-corrected chi connectivity index (χ0v) is 11.7. The van der Waals surface area contributed by atoms with Gasteiger partial charge in [0.15, 0.2) is 0 Å². The van der Waals surface area contributed by atoms with Crippen molar-refractivity contribution in [1.29, 1.82) is 0 Å². The summed E-state index contributed by atoms with van der Waals surface area (Å²) >= 11 is 0. The van der Waals surface area contributed by atoms with E-state index in [2.05, 4.69) is 67.9 Å². The molecule has 1 N–H and O–H groups in total. The summed E-state index contributed by atoms with van der Waals surface area (Å²) < 4.78 is 0. The van der Waals surface area contributed by atoms with Crippen molar-refractivity contribution in [2.75, 3.05) is 0 Å². The predicted octanol–water partition coefficient (Wildman–Crippen LogP) is 4.55. The van der Waals surface area contributed by atoms with E-state index in [0.29, 0.717) is 0 Å². The van der Waals surface area contributed by atoms with Gasteiger partial charge in [0, 0.05) is 0 Å². The molecule has 1 atom stereocenters. The molecule has 19 heavy (non-hydrogen) atoms. The SMILES string of the molecule is C=CNC(C)(C(=C)C)c1cccc(C2=CCC=C2)c1. The topological polar surface area (TPSA) is 12.0 Å². The summed E-state index contributed by atoms with van der Waals surface area (Å²) in [5, 5.41) is 3.32. The fourth-order valence-corrected chi connectivity index (χ4v) is 2.34. The van der Waals surface area contributed by atoms with Crippen LogP contribution in [0.15, 0.2) is 67.4 Å². The van der Waals surface area contributed by atoms with Crippen molar-refractivity contribution >= 4 is 5.57 Å². The molecule has 0 spiro atoms. The van der Waals surface area contributed by atoms with E-state index in [0.717, 1.165) is 12.0 Å². The molecule has 2 rings (SSSR count). The molecule has 0 amide bonds. The first-order chi connectivity index (χ1) is 9.08. The number of benzene rings is 1. The highest BCUT2D eigenvalue weighted by atomic mass is 14.9. The van der Waals surface area contributed by atoms with E-state index >= 15 is 0 Å². The van der Waals surface area contributed by atoms with Gasteiger partial charge in [0.2, 0.25) is 0 Å². The van der Waals surface area contributed by atoms with Crippen LogP contribution in [-0.2, 0) is 5.54 Å². The number of hydrogen-bond donors (Lipinski definition) is 1. The zero-order chi connectivity index (χ0) is 13.9. The average Bonchev–Trinajstić information content (AvgIpc) is 2.93. The highest BCUT2D eigenvalue weighted by molar-refractivity contribution is 5.76. The van der Waals surface area contributed by atoms with E-state index in [9.17, 15) is 0 Å². The lowest BCUT2D eigenvalue weighted by atomic mass is 9.84. The lowest BCUT2D eigenvalue weighted by Crippen LogP contribution is -2.36. The van der Waals surface area contributed by atoms with Gasteiger partial charge in [-0.2, -0.15) is 0 Å². The van der Waals surface area contributed by atoms with Gasteiger partial charge in [-0.3, -0.25) is 0 Å². The lowest BCUT2D eigenvalue weighted by molar-refractivity contribution is 0.498. The Bertz CT molecular complexity index is 563. The van der Waals surface area contributed by atoms with Gasteiger partial charge in [-0.15, -0.1) is 0 Å². The third kappa shape index (κ3) is 2.55. The molecular formula is C18H21N. The van der Waals surface area contributed by atoms with Crippen LogP contribution in [0.1, 0.15) is 31.4 Å². The first-order valence-electron chi connectivity index (χ1n) is 6.60. The molecule has 1 unspecified atom stereocenters. The van der Waals surface area contributed by atoms with Gasteiger partial charge >= 0.3 is 0 Å². The van der Waals surface area contributed by atoms with Crippen molar-refractivity contribution < 1.29 is 0 Å². The van der Waals surface area contributed by atoms with Crippen molar-refractivity contribution in [3.05, 3.63) is 78.6 Å². The summed E-state index contributed by atoms with van der Waals surface area (Å²) in [7, 11) is 0. The molecule has 0 saturated carbocycles. The minimum Gasteiger partial charge on any atom is -0.379 e. The Morgan fingerprint density at radius 2 is 2.21 bits per heavy atom. The van der Waals surface area contributed by atoms with Gasteiger partial charge in [-0.25, -0.2) is 0 Å². The minimum atomic E-state index is -0.277. The highest BCUT2D eigenvalue weighted by Crippen LogP contribution is 2.31. The van der Waals surface area contributed by atoms with Crippen LogP contribution in [0.4, 0.5) is 0 Å². The lowest BCUT2D eigenvalue weighted by Gasteiger charge is -2.32. The Kier molecular flexibility index (Phi) is 3.75. The number of nitrogens with one attached hydrogen (secondary N) is 1. The smallest absolute Gasteiger partial charge is 0.0800 e. The summed E-state index contributed by atoms with van der Waals surface area (Å²) in [6.07, 6.45) is 9.37. The van der Waals surface area contributed by atoms with Crippen molar-refractivity contribution in [2.24, 2.45) is 0 Å². The first-order valence-corrected chi connectivity index (χ1v) is 6.60. The molecule has 0 radical (unpaired) electrons. The monoisotopic (exact) mass is 251 g/mol. The van der Waals surface area contributed by atoms with Crippen LogP contribution in [0, 0.1) is 0 Å². The molecule has 1 nitrogen and oxygen atoms in total. The Morgan fingerprint density at radius 3 is 2.79 bits per heavy atom. The zero-order valence-electron chi connectivity index (χ0n) is 11.7. The molecule has 1 aromatic carbocycles. The molecule has 0 aliphatic heterocycles. The van der Waals surface area contributed by atoms with E-state index in [-0.39, 0.29) is 5.54 Å². The standard InChI is InChI=1S/C18H21N/c1-5-19-18(4,14(2)3)17-12-8-11-16(13-17)15-9-6-7-10-15/h5-6,8-13,19H,1-2,7H2,3-4H3. The van der Waals surface area contributed by atoms with Crippen LogP contribution in [0.25, 0.3) is 5.57 Å². The Balaban J connectivity index is 2.44. The van der Waals surface area contributed by atoms with Crippen molar-refractivity contribution in [3.63, 3.8) is 0 Å². The maximum atomic E-state index is 4.11. The van der Waals surface area contributed by atoms with Crippen molar-refractivity contribution in [3.8, 4) is 0 Å². The molecule has 0 fully saturated rings. The predicted molar refractivity (Wildman–Crippen MR) is 83.7 cm³/mol. The molecule has 0 heterocycles. The number of rotatable bonds is 5. The fraction of sp³-hybridized carbons (Fsp3) is 0.222. The van der Waals surface area contributed by atoms with Crippen LogP contribution in [0.3, 0.4) is 0 Å². The third-order valence-electron chi connectivity index (χ3n) is 3.79. The Morgan fingerprint density at radius 1 is 1.42 bits per heavy atom. The van der Waals surface area contributed by atoms with Crippen LogP contribution in [0.2, 0.25) is 0 Å². The quantitative estimate of drug-likeness (QED) is 0.757. The van der Waals surface area contributed by atoms with E-state index in [1.54, 1.807) is 6.20 Å². The van der Waals surface area contributed by atoms with Gasteiger partial charge in [-0.1, -0.05) is 55.2 Å². The molecule has 98 valence electrons. The molecular weight excluding hydrogens is 230 g/mol. The maximum absolute atomic E-state index is 4.11. The highest BCUT2D eigenvalue weighted by Gasteiger charge is 2.26. The fourth-order valence-electron chi connectivity index (χ4n) is 2.34.